The van der Waals surface area contributed by atoms with Crippen molar-refractivity contribution in [2.45, 2.75) is 33.1 Å². The van der Waals surface area contributed by atoms with E-state index in [1.165, 1.54) is 24.3 Å². The monoisotopic (exact) mass is 169 g/mol. The summed E-state index contributed by atoms with van der Waals surface area (Å²) in [7, 11) is 0. The molecule has 1 aliphatic heterocycles. The molecule has 1 heterocycles. The van der Waals surface area contributed by atoms with Crippen molar-refractivity contribution in [2.24, 2.45) is 17.3 Å². The molecule has 1 unspecified atom stereocenters. The van der Waals surface area contributed by atoms with Crippen LogP contribution in [0.4, 0.5) is 0 Å². The first-order valence-corrected chi connectivity index (χ1v) is 5.05. The summed E-state index contributed by atoms with van der Waals surface area (Å²) in [5.41, 5.74) is 0.518. The average molecular weight is 169 g/mol. The highest BCUT2D eigenvalue weighted by Crippen LogP contribution is 2.49. The van der Waals surface area contributed by atoms with E-state index in [2.05, 4.69) is 13.8 Å². The molecule has 1 aliphatic carbocycles. The number of hydrogen-bond acceptors (Lipinski definition) is 2. The van der Waals surface area contributed by atoms with E-state index in [0.717, 1.165) is 24.9 Å². The largest absolute Gasteiger partial charge is 0.314 e. The first kappa shape index (κ1) is 8.52. The average Bonchev–Trinajstić information content (AvgIpc) is 2.31. The normalized spacial score (nSPS) is 34.5. The topological polar surface area (TPSA) is 23.5 Å². The highest BCUT2D eigenvalue weighted by molar-refractivity contribution is 4.98. The highest BCUT2D eigenvalue weighted by Gasteiger charge is 2.48. The van der Waals surface area contributed by atoms with Crippen LogP contribution < -0.4 is 0 Å². The van der Waals surface area contributed by atoms with Gasteiger partial charge in [0.05, 0.1) is 0 Å². The molecule has 1 spiro atoms. The van der Waals surface area contributed by atoms with Crippen molar-refractivity contribution in [3.05, 3.63) is 0 Å². The molecule has 2 fully saturated rings. The van der Waals surface area contributed by atoms with E-state index in [9.17, 15) is 0 Å². The Morgan fingerprint density at radius 1 is 1.42 bits per heavy atom. The van der Waals surface area contributed by atoms with Crippen LogP contribution in [0, 0.1) is 17.3 Å². The van der Waals surface area contributed by atoms with Crippen molar-refractivity contribution in [1.82, 2.24) is 5.06 Å². The van der Waals surface area contributed by atoms with Gasteiger partial charge in [-0.2, -0.15) is 5.06 Å². The zero-order valence-electron chi connectivity index (χ0n) is 8.08. The van der Waals surface area contributed by atoms with Crippen LogP contribution in [0.5, 0.6) is 0 Å². The maximum absolute atomic E-state index is 9.13. The van der Waals surface area contributed by atoms with Gasteiger partial charge in [0.25, 0.3) is 0 Å². The van der Waals surface area contributed by atoms with Crippen LogP contribution in [-0.4, -0.2) is 23.4 Å². The van der Waals surface area contributed by atoms with E-state index >= 15 is 0 Å². The Balaban J connectivity index is 1.90. The van der Waals surface area contributed by atoms with E-state index < -0.39 is 0 Å². The summed E-state index contributed by atoms with van der Waals surface area (Å²) in [5.74, 6) is 1.75. The third-order valence-electron chi connectivity index (χ3n) is 3.72. The fourth-order valence-electron chi connectivity index (χ4n) is 2.84. The summed E-state index contributed by atoms with van der Waals surface area (Å²) in [6.07, 6.45) is 4.07. The highest BCUT2D eigenvalue weighted by atomic mass is 16.5. The first-order chi connectivity index (χ1) is 5.61. The predicted octanol–water partition coefficient (Wildman–Crippen LogP) is 2.13. The van der Waals surface area contributed by atoms with Crippen LogP contribution >= 0.6 is 0 Å². The molecule has 0 aromatic carbocycles. The molecular weight excluding hydrogens is 150 g/mol. The van der Waals surface area contributed by atoms with Crippen LogP contribution in [-0.2, 0) is 0 Å². The molecular formula is C10H19NO. The van der Waals surface area contributed by atoms with Crippen LogP contribution in [0.25, 0.3) is 0 Å². The Morgan fingerprint density at radius 3 is 2.50 bits per heavy atom. The van der Waals surface area contributed by atoms with E-state index in [0.29, 0.717) is 5.41 Å². The number of hydroxylamine groups is 2. The van der Waals surface area contributed by atoms with Crippen LogP contribution in [0.15, 0.2) is 0 Å². The van der Waals surface area contributed by atoms with E-state index in [-0.39, 0.29) is 0 Å². The molecule has 70 valence electrons. The Hall–Kier alpha value is -0.0800. The van der Waals surface area contributed by atoms with Gasteiger partial charge in [0.1, 0.15) is 0 Å². The Morgan fingerprint density at radius 2 is 2.08 bits per heavy atom. The van der Waals surface area contributed by atoms with Gasteiger partial charge in [-0.15, -0.1) is 0 Å². The van der Waals surface area contributed by atoms with Gasteiger partial charge in [-0.1, -0.05) is 13.8 Å². The molecule has 2 aliphatic rings. The minimum atomic E-state index is 0.518. The Kier molecular flexibility index (Phi) is 1.92. The zero-order valence-corrected chi connectivity index (χ0v) is 8.08. The minimum Gasteiger partial charge on any atom is -0.314 e. The molecule has 2 nitrogen and oxygen atoms in total. The van der Waals surface area contributed by atoms with Gasteiger partial charge in [0, 0.05) is 18.5 Å². The van der Waals surface area contributed by atoms with Crippen LogP contribution in [0.2, 0.25) is 0 Å². The maximum Gasteiger partial charge on any atom is 0.0308 e. The molecule has 1 saturated carbocycles. The van der Waals surface area contributed by atoms with Crippen LogP contribution in [0.3, 0.4) is 0 Å². The standard InChI is InChI=1S/C10H19NO/c1-8(2)9-3-4-10(5-9)6-11(12)7-10/h8-9,12H,3-7H2,1-2H3. The van der Waals surface area contributed by atoms with E-state index in [1.807, 2.05) is 0 Å². The lowest BCUT2D eigenvalue weighted by Crippen LogP contribution is -2.53. The van der Waals surface area contributed by atoms with Crippen molar-refractivity contribution in [3.8, 4) is 0 Å². The van der Waals surface area contributed by atoms with Crippen molar-refractivity contribution < 1.29 is 5.21 Å². The fraction of sp³-hybridized carbons (Fsp3) is 1.00. The molecule has 1 saturated heterocycles. The number of hydrogen-bond donors (Lipinski definition) is 1. The summed E-state index contributed by atoms with van der Waals surface area (Å²) in [6, 6.07) is 0. The van der Waals surface area contributed by atoms with Gasteiger partial charge in [0.2, 0.25) is 0 Å². The zero-order chi connectivity index (χ0) is 8.77. The second-order valence-corrected chi connectivity index (χ2v) is 5.07. The SMILES string of the molecule is CC(C)C1CCC2(C1)CN(O)C2. The minimum absolute atomic E-state index is 0.518. The number of rotatable bonds is 1. The van der Waals surface area contributed by atoms with Gasteiger partial charge < -0.3 is 5.21 Å². The summed E-state index contributed by atoms with van der Waals surface area (Å²) in [4.78, 5) is 0. The Bertz CT molecular complexity index is 173. The molecule has 0 aromatic heterocycles. The molecule has 1 N–H and O–H groups in total. The molecule has 2 heteroatoms. The fourth-order valence-corrected chi connectivity index (χ4v) is 2.84. The summed E-state index contributed by atoms with van der Waals surface area (Å²) in [5, 5.41) is 10.6. The van der Waals surface area contributed by atoms with Gasteiger partial charge in [-0.05, 0) is 31.1 Å². The summed E-state index contributed by atoms with van der Waals surface area (Å²) >= 11 is 0. The maximum atomic E-state index is 9.13. The van der Waals surface area contributed by atoms with Gasteiger partial charge in [0.15, 0.2) is 0 Å². The molecule has 0 aromatic rings. The third-order valence-corrected chi connectivity index (χ3v) is 3.72. The van der Waals surface area contributed by atoms with Gasteiger partial charge in [-0.25, -0.2) is 0 Å². The Labute approximate surface area is 74.5 Å². The van der Waals surface area contributed by atoms with Crippen molar-refractivity contribution in [3.63, 3.8) is 0 Å². The van der Waals surface area contributed by atoms with Crippen molar-refractivity contribution in [1.29, 1.82) is 0 Å². The van der Waals surface area contributed by atoms with Gasteiger partial charge in [-0.3, -0.25) is 0 Å². The second-order valence-electron chi connectivity index (χ2n) is 5.07. The molecule has 0 radical (unpaired) electrons. The molecule has 1 atom stereocenters. The lowest BCUT2D eigenvalue weighted by molar-refractivity contribution is -0.207. The second kappa shape index (κ2) is 2.71. The lowest BCUT2D eigenvalue weighted by Gasteiger charge is -2.44. The molecule has 12 heavy (non-hydrogen) atoms. The lowest BCUT2D eigenvalue weighted by atomic mass is 9.78. The molecule has 0 amide bonds. The smallest absolute Gasteiger partial charge is 0.0308 e. The third kappa shape index (κ3) is 1.27. The quantitative estimate of drug-likeness (QED) is 0.650. The van der Waals surface area contributed by atoms with E-state index in [4.69, 9.17) is 5.21 Å². The van der Waals surface area contributed by atoms with Crippen molar-refractivity contribution >= 4 is 0 Å². The molecule has 2 rings (SSSR count). The molecule has 0 bridgehead atoms. The summed E-state index contributed by atoms with van der Waals surface area (Å²) in [6.45, 7) is 6.49. The predicted molar refractivity (Wildman–Crippen MR) is 48.0 cm³/mol. The summed E-state index contributed by atoms with van der Waals surface area (Å²) < 4.78 is 0. The van der Waals surface area contributed by atoms with Gasteiger partial charge >= 0.3 is 0 Å². The van der Waals surface area contributed by atoms with Crippen molar-refractivity contribution in [2.75, 3.05) is 13.1 Å². The number of nitrogens with zero attached hydrogens (tertiary/aromatic N) is 1. The first-order valence-electron chi connectivity index (χ1n) is 5.05. The van der Waals surface area contributed by atoms with Crippen LogP contribution in [0.1, 0.15) is 33.1 Å². The van der Waals surface area contributed by atoms with E-state index in [1.54, 1.807) is 0 Å².